The molecule has 1 aromatic heterocycles. The molecule has 1 aromatic rings. The molecule has 0 aromatic carbocycles. The maximum absolute atomic E-state index is 5.71. The van der Waals surface area contributed by atoms with Crippen molar-refractivity contribution in [3.05, 3.63) is 12.7 Å². The minimum atomic E-state index is -1.88. The average molecular weight is 481 g/mol. The lowest BCUT2D eigenvalue weighted by molar-refractivity contribution is 0.557. The van der Waals surface area contributed by atoms with Crippen molar-refractivity contribution in [1.82, 2.24) is 4.98 Å². The molecule has 1 rings (SSSR count). The lowest BCUT2D eigenvalue weighted by atomic mass is 10.2. The molecule has 0 saturated carbocycles. The van der Waals surface area contributed by atoms with Crippen molar-refractivity contribution in [2.75, 3.05) is 4.23 Å². The minimum Gasteiger partial charge on any atom is -0.450 e. The van der Waals surface area contributed by atoms with Gasteiger partial charge < -0.3 is 8.65 Å². The molecule has 1 heterocycles. The number of rotatable bonds is 15. The highest BCUT2D eigenvalue weighted by Gasteiger charge is 2.53. The van der Waals surface area contributed by atoms with Crippen LogP contribution in [0.3, 0.4) is 0 Å². The highest BCUT2D eigenvalue weighted by molar-refractivity contribution is 7.02. The van der Waals surface area contributed by atoms with Gasteiger partial charge in [0.15, 0.2) is 12.2 Å². The van der Waals surface area contributed by atoms with Crippen LogP contribution in [0, 0.1) is 35.5 Å². The minimum absolute atomic E-state index is 0.706. The fraction of sp³-hybridized carbons (Fsp3) is 0.889. The second-order valence-electron chi connectivity index (χ2n) is 13.2. The number of aromatic nitrogens is 1. The summed E-state index contributed by atoms with van der Waals surface area (Å²) in [7, 11) is -3.76. The van der Waals surface area contributed by atoms with Crippen LogP contribution < -0.4 is 4.23 Å². The van der Waals surface area contributed by atoms with Crippen LogP contribution in [0.1, 0.15) is 83.1 Å². The van der Waals surface area contributed by atoms with E-state index in [9.17, 15) is 0 Å². The fourth-order valence-corrected chi connectivity index (χ4v) is 25.0. The summed E-state index contributed by atoms with van der Waals surface area (Å²) >= 11 is 0. The van der Waals surface area contributed by atoms with E-state index < -0.39 is 16.5 Å². The molecule has 0 N–H and O–H groups in total. The Morgan fingerprint density at radius 3 is 1.06 bits per heavy atom. The van der Waals surface area contributed by atoms with Gasteiger partial charge in [0.1, 0.15) is 22.7 Å². The summed E-state index contributed by atoms with van der Waals surface area (Å²) in [6.45, 7) is 29.3. The molecule has 32 heavy (non-hydrogen) atoms. The van der Waals surface area contributed by atoms with Gasteiger partial charge >= 0.3 is 0 Å². The summed E-state index contributed by atoms with van der Waals surface area (Å²) in [4.78, 5) is 4.92. The quantitative estimate of drug-likeness (QED) is 0.234. The summed E-state index contributed by atoms with van der Waals surface area (Å²) in [5.41, 5.74) is 0. The van der Waals surface area contributed by atoms with E-state index in [1.165, 1.54) is 42.1 Å². The van der Waals surface area contributed by atoms with Crippen LogP contribution in [0.25, 0.3) is 0 Å². The van der Waals surface area contributed by atoms with E-state index in [0.717, 1.165) is 0 Å². The standard InChI is InChI=1S/C27H56N2OSi2/c1-21(2)14-31(15-22(3)4,16-23(5)6)29(27-13-30-20-28-27)32(17-24(7)8,18-25(9)10)19-26(11)12/h13,20-26H,14-19H2,1-12H3. The summed E-state index contributed by atoms with van der Waals surface area (Å²) < 4.78 is 8.82. The largest absolute Gasteiger partial charge is 0.450 e. The second kappa shape index (κ2) is 12.8. The van der Waals surface area contributed by atoms with E-state index in [0.29, 0.717) is 35.5 Å². The van der Waals surface area contributed by atoms with Gasteiger partial charge in [0, 0.05) is 0 Å². The van der Waals surface area contributed by atoms with Crippen LogP contribution in [0.5, 0.6) is 0 Å². The van der Waals surface area contributed by atoms with Gasteiger partial charge in [0.05, 0.1) is 0 Å². The molecule has 0 bridgehead atoms. The summed E-state index contributed by atoms with van der Waals surface area (Å²) in [6, 6.07) is 8.16. The lowest BCUT2D eigenvalue weighted by Gasteiger charge is -2.57. The van der Waals surface area contributed by atoms with Crippen molar-refractivity contribution < 1.29 is 4.42 Å². The number of anilines is 1. The van der Waals surface area contributed by atoms with Crippen LogP contribution in [0.4, 0.5) is 5.82 Å². The van der Waals surface area contributed by atoms with Gasteiger partial charge in [-0.15, -0.1) is 0 Å². The fourth-order valence-electron chi connectivity index (χ4n) is 6.91. The van der Waals surface area contributed by atoms with Crippen LogP contribution in [0.15, 0.2) is 17.1 Å². The molecule has 0 aliphatic rings. The van der Waals surface area contributed by atoms with Gasteiger partial charge in [-0.1, -0.05) is 83.1 Å². The Labute approximate surface area is 203 Å². The van der Waals surface area contributed by atoms with E-state index in [1.54, 1.807) is 6.39 Å². The molecule has 3 nitrogen and oxygen atoms in total. The second-order valence-corrected chi connectivity index (χ2v) is 21.9. The third-order valence-corrected chi connectivity index (χ3v) is 21.0. The number of oxazole rings is 1. The summed E-state index contributed by atoms with van der Waals surface area (Å²) in [5, 5.41) is 0. The first kappa shape index (κ1) is 29.5. The molecule has 5 heteroatoms. The molecular weight excluding hydrogens is 424 g/mol. The van der Waals surface area contributed by atoms with Crippen LogP contribution in [0.2, 0.25) is 36.3 Å². The Morgan fingerprint density at radius 1 is 0.594 bits per heavy atom. The van der Waals surface area contributed by atoms with Crippen molar-refractivity contribution in [3.63, 3.8) is 0 Å². The molecular formula is C27H56N2OSi2. The molecule has 0 spiro atoms. The monoisotopic (exact) mass is 480 g/mol. The normalized spacial score (nSPS) is 13.6. The molecule has 0 unspecified atom stereocenters. The molecule has 0 aliphatic heterocycles. The number of hydrogen-bond acceptors (Lipinski definition) is 3. The van der Waals surface area contributed by atoms with Crippen molar-refractivity contribution in [2.24, 2.45) is 35.5 Å². The van der Waals surface area contributed by atoms with Crippen LogP contribution >= 0.6 is 0 Å². The maximum Gasteiger partial charge on any atom is 0.182 e. The van der Waals surface area contributed by atoms with Crippen LogP contribution in [-0.2, 0) is 0 Å². The average Bonchev–Trinajstić information content (AvgIpc) is 3.03. The molecule has 0 saturated heterocycles. The highest BCUT2D eigenvalue weighted by atomic mass is 28.4. The first-order valence-electron chi connectivity index (χ1n) is 13.4. The van der Waals surface area contributed by atoms with Crippen molar-refractivity contribution in [2.45, 2.75) is 119 Å². The third kappa shape index (κ3) is 8.66. The first-order chi connectivity index (χ1) is 14.7. The smallest absolute Gasteiger partial charge is 0.182 e. The molecule has 0 fully saturated rings. The Kier molecular flexibility index (Phi) is 11.8. The van der Waals surface area contributed by atoms with Gasteiger partial charge in [-0.25, -0.2) is 4.98 Å². The topological polar surface area (TPSA) is 29.3 Å². The number of hydrogen-bond donors (Lipinski definition) is 0. The Balaban J connectivity index is 3.96. The van der Waals surface area contributed by atoms with E-state index in [-0.39, 0.29) is 0 Å². The Morgan fingerprint density at radius 2 is 0.875 bits per heavy atom. The summed E-state index contributed by atoms with van der Waals surface area (Å²) in [5.74, 6) is 5.41. The molecule has 0 aliphatic carbocycles. The molecule has 188 valence electrons. The van der Waals surface area contributed by atoms with Crippen molar-refractivity contribution >= 4 is 22.3 Å². The first-order valence-corrected chi connectivity index (χ1v) is 18.5. The third-order valence-electron chi connectivity index (χ3n) is 6.33. The van der Waals surface area contributed by atoms with E-state index in [1.807, 2.05) is 6.26 Å². The van der Waals surface area contributed by atoms with Gasteiger partial charge in [-0.2, -0.15) is 0 Å². The summed E-state index contributed by atoms with van der Waals surface area (Å²) in [6.07, 6.45) is 3.67. The molecule has 0 radical (unpaired) electrons. The van der Waals surface area contributed by atoms with E-state index >= 15 is 0 Å². The zero-order chi connectivity index (χ0) is 24.7. The zero-order valence-electron chi connectivity index (χ0n) is 23.7. The van der Waals surface area contributed by atoms with Gasteiger partial charge in [-0.05, 0) is 71.8 Å². The van der Waals surface area contributed by atoms with Gasteiger partial charge in [0.2, 0.25) is 0 Å². The van der Waals surface area contributed by atoms with Crippen molar-refractivity contribution in [1.29, 1.82) is 0 Å². The Bertz CT molecular complexity index is 533. The molecule has 0 amide bonds. The predicted octanol–water partition coefficient (Wildman–Crippen LogP) is 9.31. The van der Waals surface area contributed by atoms with Crippen LogP contribution in [-0.4, -0.2) is 21.5 Å². The molecule has 0 atom stereocenters. The van der Waals surface area contributed by atoms with Gasteiger partial charge in [-0.3, -0.25) is 0 Å². The predicted molar refractivity (Wildman–Crippen MR) is 148 cm³/mol. The SMILES string of the molecule is CC(C)C[Si](CC(C)C)(CC(C)C)N(c1cocn1)[Si](CC(C)C)(CC(C)C)CC(C)C. The van der Waals surface area contributed by atoms with E-state index in [2.05, 4.69) is 87.3 Å². The lowest BCUT2D eigenvalue weighted by Crippen LogP contribution is -2.70. The maximum atomic E-state index is 5.71. The highest BCUT2D eigenvalue weighted by Crippen LogP contribution is 2.46. The van der Waals surface area contributed by atoms with Crippen molar-refractivity contribution in [3.8, 4) is 0 Å². The van der Waals surface area contributed by atoms with E-state index in [4.69, 9.17) is 9.40 Å². The van der Waals surface area contributed by atoms with Gasteiger partial charge in [0.25, 0.3) is 0 Å². The Hall–Kier alpha value is -0.556. The number of nitrogens with zero attached hydrogens (tertiary/aromatic N) is 2. The zero-order valence-corrected chi connectivity index (χ0v) is 25.7.